The summed E-state index contributed by atoms with van der Waals surface area (Å²) in [5.41, 5.74) is 1.50. The maximum Gasteiger partial charge on any atom is 0.330 e. The predicted octanol–water partition coefficient (Wildman–Crippen LogP) is 5.01. The molecule has 1 aliphatic carbocycles. The predicted molar refractivity (Wildman–Crippen MR) is 127 cm³/mol. The van der Waals surface area contributed by atoms with Gasteiger partial charge in [0.25, 0.3) is 0 Å². The number of benzene rings is 2. The topological polar surface area (TPSA) is 102 Å². The number of anilines is 3. The Morgan fingerprint density at radius 3 is 2.76 bits per heavy atom. The summed E-state index contributed by atoms with van der Waals surface area (Å²) in [6.45, 7) is 2.42. The Labute approximate surface area is 200 Å². The number of esters is 1. The monoisotopic (exact) mass is 484 g/mol. The van der Waals surface area contributed by atoms with Crippen molar-refractivity contribution in [3.05, 3.63) is 59.7 Å². The lowest BCUT2D eigenvalue weighted by Gasteiger charge is -2.15. The van der Waals surface area contributed by atoms with Gasteiger partial charge < -0.3 is 20.1 Å². The van der Waals surface area contributed by atoms with Crippen LogP contribution in [0.4, 0.5) is 21.6 Å². The third-order valence-electron chi connectivity index (χ3n) is 5.01. The van der Waals surface area contributed by atoms with Crippen LogP contribution in [0.15, 0.2) is 48.8 Å². The van der Waals surface area contributed by atoms with E-state index in [4.69, 9.17) is 21.1 Å². The molecule has 1 saturated carbocycles. The largest absolute Gasteiger partial charge is 0.491 e. The number of nitrogens with one attached hydrogen (secondary N) is 2. The molecule has 0 saturated heterocycles. The van der Waals surface area contributed by atoms with E-state index in [1.807, 2.05) is 0 Å². The van der Waals surface area contributed by atoms with Crippen molar-refractivity contribution >= 4 is 51.6 Å². The molecule has 3 aromatic rings. The van der Waals surface area contributed by atoms with Crippen LogP contribution < -0.4 is 15.4 Å². The van der Waals surface area contributed by atoms with Crippen molar-refractivity contribution < 1.29 is 23.5 Å². The molecule has 0 atom stereocenters. The molecule has 0 bridgehead atoms. The Kier molecular flexibility index (Phi) is 7.22. The second-order valence-electron chi connectivity index (χ2n) is 7.67. The number of hydrogen-bond acceptors (Lipinski definition) is 7. The van der Waals surface area contributed by atoms with Crippen LogP contribution in [0, 0.1) is 11.7 Å². The van der Waals surface area contributed by atoms with Crippen molar-refractivity contribution in [2.45, 2.75) is 19.8 Å². The van der Waals surface area contributed by atoms with Gasteiger partial charge >= 0.3 is 5.97 Å². The van der Waals surface area contributed by atoms with E-state index in [0.29, 0.717) is 46.4 Å². The molecule has 2 aromatic carbocycles. The third kappa shape index (κ3) is 5.99. The summed E-state index contributed by atoms with van der Waals surface area (Å²) >= 11 is 5.89. The first kappa shape index (κ1) is 23.4. The van der Waals surface area contributed by atoms with E-state index in [9.17, 15) is 14.0 Å². The standard InChI is InChI=1S/C24H22ClFN4O4/c1-2-33-23(32)8-7-22(31)30-20-10-16-19(11-21(20)34-12-14-3-4-14)27-13-28-24(16)29-15-5-6-18(26)17(25)9-15/h5-11,13-14H,2-4,12H2,1H3,(H,30,31)(H,27,28,29). The number of rotatable bonds is 9. The van der Waals surface area contributed by atoms with Crippen molar-refractivity contribution in [3.63, 3.8) is 0 Å². The van der Waals surface area contributed by atoms with E-state index < -0.39 is 17.7 Å². The summed E-state index contributed by atoms with van der Waals surface area (Å²) in [7, 11) is 0. The highest BCUT2D eigenvalue weighted by atomic mass is 35.5. The SMILES string of the molecule is CCOC(=O)C=CC(=O)Nc1cc2c(Nc3ccc(F)c(Cl)c3)ncnc2cc1OCC1CC1. The molecule has 1 amide bonds. The Morgan fingerprint density at radius 1 is 1.21 bits per heavy atom. The van der Waals surface area contributed by atoms with Gasteiger partial charge in [0.15, 0.2) is 0 Å². The summed E-state index contributed by atoms with van der Waals surface area (Å²) < 4.78 is 24.3. The van der Waals surface area contributed by atoms with E-state index in [1.165, 1.54) is 24.5 Å². The first-order chi connectivity index (χ1) is 16.4. The number of aromatic nitrogens is 2. The van der Waals surface area contributed by atoms with E-state index in [-0.39, 0.29) is 11.6 Å². The fraction of sp³-hybridized carbons (Fsp3) is 0.250. The molecule has 0 radical (unpaired) electrons. The summed E-state index contributed by atoms with van der Waals surface area (Å²) in [6.07, 6.45) is 5.75. The highest BCUT2D eigenvalue weighted by Gasteiger charge is 2.23. The average molecular weight is 485 g/mol. The minimum atomic E-state index is -0.612. The Bertz CT molecular complexity index is 1260. The molecule has 2 N–H and O–H groups in total. The molecule has 1 aromatic heterocycles. The number of ether oxygens (including phenoxy) is 2. The molecule has 4 rings (SSSR count). The summed E-state index contributed by atoms with van der Waals surface area (Å²) in [5.74, 6) is -0.294. The van der Waals surface area contributed by atoms with Gasteiger partial charge in [-0.15, -0.1) is 0 Å². The van der Waals surface area contributed by atoms with E-state index in [0.717, 1.165) is 25.0 Å². The molecule has 0 unspecified atom stereocenters. The van der Waals surface area contributed by atoms with Crippen LogP contribution in [-0.4, -0.2) is 35.1 Å². The molecule has 34 heavy (non-hydrogen) atoms. The lowest BCUT2D eigenvalue weighted by atomic mass is 10.1. The Balaban J connectivity index is 1.65. The van der Waals surface area contributed by atoms with E-state index in [1.54, 1.807) is 19.1 Å². The molecule has 1 aliphatic rings. The van der Waals surface area contributed by atoms with E-state index >= 15 is 0 Å². The highest BCUT2D eigenvalue weighted by molar-refractivity contribution is 6.31. The maximum absolute atomic E-state index is 13.5. The average Bonchev–Trinajstić information content (AvgIpc) is 3.64. The lowest BCUT2D eigenvalue weighted by molar-refractivity contribution is -0.137. The van der Waals surface area contributed by atoms with Gasteiger partial charge in [0.1, 0.15) is 23.7 Å². The first-order valence-electron chi connectivity index (χ1n) is 10.7. The Hall–Kier alpha value is -3.72. The minimum absolute atomic E-state index is 0.0273. The Morgan fingerprint density at radius 2 is 2.03 bits per heavy atom. The van der Waals surface area contributed by atoms with Gasteiger partial charge in [0.05, 0.1) is 29.4 Å². The molecular weight excluding hydrogens is 463 g/mol. The van der Waals surface area contributed by atoms with Crippen molar-refractivity contribution in [2.75, 3.05) is 23.8 Å². The van der Waals surface area contributed by atoms with Gasteiger partial charge in [-0.3, -0.25) is 4.79 Å². The minimum Gasteiger partial charge on any atom is -0.491 e. The zero-order valence-electron chi connectivity index (χ0n) is 18.3. The number of carbonyl (C=O) groups excluding carboxylic acids is 2. The van der Waals surface area contributed by atoms with Gasteiger partial charge in [0, 0.05) is 29.3 Å². The number of halogens is 2. The smallest absolute Gasteiger partial charge is 0.330 e. The summed E-state index contributed by atoms with van der Waals surface area (Å²) in [5, 5.41) is 6.40. The molecule has 1 fully saturated rings. The van der Waals surface area contributed by atoms with Crippen LogP contribution in [0.5, 0.6) is 5.75 Å². The molecule has 10 heteroatoms. The van der Waals surface area contributed by atoms with Crippen LogP contribution >= 0.6 is 11.6 Å². The molecule has 0 aliphatic heterocycles. The lowest BCUT2D eigenvalue weighted by Crippen LogP contribution is -2.12. The van der Waals surface area contributed by atoms with Crippen molar-refractivity contribution in [1.29, 1.82) is 0 Å². The number of amides is 1. The quantitative estimate of drug-likeness (QED) is 0.325. The van der Waals surface area contributed by atoms with Crippen molar-refractivity contribution in [1.82, 2.24) is 9.97 Å². The van der Waals surface area contributed by atoms with Crippen LogP contribution in [0.2, 0.25) is 5.02 Å². The van der Waals surface area contributed by atoms with Crippen LogP contribution in [0.1, 0.15) is 19.8 Å². The van der Waals surface area contributed by atoms with Crippen molar-refractivity contribution in [3.8, 4) is 5.75 Å². The number of carbonyl (C=O) groups is 2. The van der Waals surface area contributed by atoms with Gasteiger partial charge in [-0.25, -0.2) is 19.2 Å². The fourth-order valence-electron chi connectivity index (χ4n) is 3.11. The van der Waals surface area contributed by atoms with Gasteiger partial charge in [-0.2, -0.15) is 0 Å². The fourth-order valence-corrected chi connectivity index (χ4v) is 3.29. The second kappa shape index (κ2) is 10.5. The molecule has 8 nitrogen and oxygen atoms in total. The molecular formula is C24H22ClFN4O4. The maximum atomic E-state index is 13.5. The number of nitrogens with zero attached hydrogens (tertiary/aromatic N) is 2. The summed E-state index contributed by atoms with van der Waals surface area (Å²) in [6, 6.07) is 7.62. The first-order valence-corrected chi connectivity index (χ1v) is 11.1. The van der Waals surface area contributed by atoms with Crippen LogP contribution in [0.3, 0.4) is 0 Å². The summed E-state index contributed by atoms with van der Waals surface area (Å²) in [4.78, 5) is 32.6. The number of hydrogen-bond donors (Lipinski definition) is 2. The van der Waals surface area contributed by atoms with Crippen molar-refractivity contribution in [2.24, 2.45) is 5.92 Å². The molecule has 0 spiro atoms. The van der Waals surface area contributed by atoms with Crippen LogP contribution in [0.25, 0.3) is 10.9 Å². The highest BCUT2D eigenvalue weighted by Crippen LogP contribution is 2.36. The third-order valence-corrected chi connectivity index (χ3v) is 5.30. The normalized spacial score (nSPS) is 13.1. The van der Waals surface area contributed by atoms with Gasteiger partial charge in [-0.05, 0) is 49.9 Å². The zero-order chi connectivity index (χ0) is 24.1. The molecule has 1 heterocycles. The van der Waals surface area contributed by atoms with Gasteiger partial charge in [-0.1, -0.05) is 11.6 Å². The van der Waals surface area contributed by atoms with Gasteiger partial charge in [0.2, 0.25) is 5.91 Å². The second-order valence-corrected chi connectivity index (χ2v) is 8.08. The van der Waals surface area contributed by atoms with E-state index in [2.05, 4.69) is 20.6 Å². The number of fused-ring (bicyclic) bond motifs is 1. The molecule has 176 valence electrons. The zero-order valence-corrected chi connectivity index (χ0v) is 19.1. The van der Waals surface area contributed by atoms with Crippen LogP contribution in [-0.2, 0) is 14.3 Å².